The molecule has 0 amide bonds. The third kappa shape index (κ3) is 3.90. The fraction of sp³-hybridized carbons (Fsp3) is 0.818. The molecular weight excluding hydrogens is 204 g/mol. The number of aryl methyl sites for hydroxylation is 1. The van der Waals surface area contributed by atoms with Crippen LogP contribution in [-0.4, -0.2) is 40.8 Å². The predicted octanol–water partition coefficient (Wildman–Crippen LogP) is 0.827. The summed E-state index contributed by atoms with van der Waals surface area (Å²) in [5, 5.41) is 11.1. The standard InChI is InChI=1S/C11H20N4O/c1-3-11(16-10-1)4-6-12-5-2-8-15-9-7-13-14-15/h7,9,11-12H,1-6,8,10H2. The summed E-state index contributed by atoms with van der Waals surface area (Å²) in [7, 11) is 0. The van der Waals surface area contributed by atoms with Crippen molar-refractivity contribution in [2.75, 3.05) is 19.7 Å². The molecule has 5 nitrogen and oxygen atoms in total. The Morgan fingerprint density at radius 2 is 2.44 bits per heavy atom. The van der Waals surface area contributed by atoms with Crippen LogP contribution in [0.2, 0.25) is 0 Å². The van der Waals surface area contributed by atoms with Crippen LogP contribution in [-0.2, 0) is 11.3 Å². The van der Waals surface area contributed by atoms with Crippen molar-refractivity contribution in [1.29, 1.82) is 0 Å². The highest BCUT2D eigenvalue weighted by Crippen LogP contribution is 2.14. The van der Waals surface area contributed by atoms with E-state index in [1.54, 1.807) is 6.20 Å². The van der Waals surface area contributed by atoms with Crippen LogP contribution in [0.1, 0.15) is 25.7 Å². The van der Waals surface area contributed by atoms with E-state index in [2.05, 4.69) is 15.6 Å². The Hall–Kier alpha value is -0.940. The lowest BCUT2D eigenvalue weighted by Crippen LogP contribution is -2.22. The number of hydrogen-bond acceptors (Lipinski definition) is 4. The molecule has 16 heavy (non-hydrogen) atoms. The Balaban J connectivity index is 1.43. The summed E-state index contributed by atoms with van der Waals surface area (Å²) in [5.41, 5.74) is 0. The first kappa shape index (κ1) is 11.5. The van der Waals surface area contributed by atoms with Gasteiger partial charge in [-0.2, -0.15) is 0 Å². The normalized spacial score (nSPS) is 20.4. The van der Waals surface area contributed by atoms with Gasteiger partial charge in [0.25, 0.3) is 0 Å². The monoisotopic (exact) mass is 224 g/mol. The molecule has 1 aliphatic heterocycles. The number of hydrogen-bond donors (Lipinski definition) is 1. The molecule has 0 radical (unpaired) electrons. The number of rotatable bonds is 7. The maximum absolute atomic E-state index is 5.56. The van der Waals surface area contributed by atoms with Crippen molar-refractivity contribution >= 4 is 0 Å². The molecule has 1 N–H and O–H groups in total. The molecule has 1 aliphatic rings. The van der Waals surface area contributed by atoms with Crippen molar-refractivity contribution < 1.29 is 4.74 Å². The van der Waals surface area contributed by atoms with Crippen molar-refractivity contribution in [2.45, 2.75) is 38.3 Å². The Bertz CT molecular complexity index is 270. The molecule has 1 saturated heterocycles. The minimum absolute atomic E-state index is 0.503. The van der Waals surface area contributed by atoms with Gasteiger partial charge >= 0.3 is 0 Å². The van der Waals surface area contributed by atoms with Crippen molar-refractivity contribution in [2.24, 2.45) is 0 Å². The van der Waals surface area contributed by atoms with Gasteiger partial charge in [0.15, 0.2) is 0 Å². The molecule has 0 bridgehead atoms. The van der Waals surface area contributed by atoms with Crippen LogP contribution in [0.15, 0.2) is 12.4 Å². The average Bonchev–Trinajstić information content (AvgIpc) is 2.96. The lowest BCUT2D eigenvalue weighted by atomic mass is 10.2. The second-order valence-corrected chi connectivity index (χ2v) is 4.19. The van der Waals surface area contributed by atoms with E-state index in [1.807, 2.05) is 10.9 Å². The third-order valence-electron chi connectivity index (χ3n) is 2.88. The molecule has 1 aromatic heterocycles. The van der Waals surface area contributed by atoms with E-state index in [0.717, 1.165) is 39.1 Å². The Kier molecular flexibility index (Phi) is 4.76. The summed E-state index contributed by atoms with van der Waals surface area (Å²) in [5.74, 6) is 0. The van der Waals surface area contributed by atoms with Gasteiger partial charge in [-0.1, -0.05) is 5.21 Å². The van der Waals surface area contributed by atoms with Gasteiger partial charge in [0.1, 0.15) is 0 Å². The van der Waals surface area contributed by atoms with Crippen LogP contribution in [0.25, 0.3) is 0 Å². The fourth-order valence-corrected chi connectivity index (χ4v) is 1.98. The van der Waals surface area contributed by atoms with Crippen LogP contribution in [0.4, 0.5) is 0 Å². The zero-order valence-corrected chi connectivity index (χ0v) is 9.64. The largest absolute Gasteiger partial charge is 0.378 e. The minimum atomic E-state index is 0.503. The molecule has 90 valence electrons. The van der Waals surface area contributed by atoms with E-state index in [4.69, 9.17) is 4.74 Å². The first-order valence-corrected chi connectivity index (χ1v) is 6.11. The minimum Gasteiger partial charge on any atom is -0.378 e. The second kappa shape index (κ2) is 6.60. The summed E-state index contributed by atoms with van der Waals surface area (Å²) in [6.07, 6.45) is 8.82. The molecule has 2 rings (SSSR count). The topological polar surface area (TPSA) is 52.0 Å². The van der Waals surface area contributed by atoms with Gasteiger partial charge in [-0.25, -0.2) is 0 Å². The highest BCUT2D eigenvalue weighted by Gasteiger charge is 2.13. The van der Waals surface area contributed by atoms with E-state index in [1.165, 1.54) is 12.8 Å². The van der Waals surface area contributed by atoms with Gasteiger partial charge in [-0.05, 0) is 38.8 Å². The van der Waals surface area contributed by atoms with Crippen LogP contribution in [0.5, 0.6) is 0 Å². The van der Waals surface area contributed by atoms with Gasteiger partial charge in [-0.3, -0.25) is 4.68 Å². The summed E-state index contributed by atoms with van der Waals surface area (Å²) in [6.45, 7) is 3.98. The molecule has 1 atom stereocenters. The van der Waals surface area contributed by atoms with Gasteiger partial charge < -0.3 is 10.1 Å². The zero-order valence-electron chi connectivity index (χ0n) is 9.64. The van der Waals surface area contributed by atoms with Gasteiger partial charge in [0.05, 0.1) is 12.3 Å². The summed E-state index contributed by atoms with van der Waals surface area (Å²) in [6, 6.07) is 0. The lowest BCUT2D eigenvalue weighted by molar-refractivity contribution is 0.104. The molecule has 1 aromatic rings. The molecule has 0 aliphatic carbocycles. The second-order valence-electron chi connectivity index (χ2n) is 4.19. The maximum Gasteiger partial charge on any atom is 0.0692 e. The Morgan fingerprint density at radius 1 is 1.44 bits per heavy atom. The quantitative estimate of drug-likeness (QED) is 0.697. The molecule has 1 unspecified atom stereocenters. The van der Waals surface area contributed by atoms with E-state index in [0.29, 0.717) is 6.10 Å². The first-order valence-electron chi connectivity index (χ1n) is 6.11. The van der Waals surface area contributed by atoms with Gasteiger partial charge in [0, 0.05) is 19.3 Å². The maximum atomic E-state index is 5.56. The molecule has 0 aromatic carbocycles. The highest BCUT2D eigenvalue weighted by atomic mass is 16.5. The van der Waals surface area contributed by atoms with E-state index in [-0.39, 0.29) is 0 Å². The lowest BCUT2D eigenvalue weighted by Gasteiger charge is -2.09. The third-order valence-corrected chi connectivity index (χ3v) is 2.88. The zero-order chi connectivity index (χ0) is 11.1. The van der Waals surface area contributed by atoms with Crippen molar-refractivity contribution in [3.8, 4) is 0 Å². The van der Waals surface area contributed by atoms with E-state index < -0.39 is 0 Å². The number of nitrogens with one attached hydrogen (secondary N) is 1. The molecule has 2 heterocycles. The molecule has 0 spiro atoms. The van der Waals surface area contributed by atoms with Crippen molar-refractivity contribution in [3.63, 3.8) is 0 Å². The van der Waals surface area contributed by atoms with E-state index in [9.17, 15) is 0 Å². The fourth-order valence-electron chi connectivity index (χ4n) is 1.98. The predicted molar refractivity (Wildman–Crippen MR) is 61.1 cm³/mol. The molecule has 0 saturated carbocycles. The van der Waals surface area contributed by atoms with Gasteiger partial charge in [-0.15, -0.1) is 5.10 Å². The smallest absolute Gasteiger partial charge is 0.0692 e. The van der Waals surface area contributed by atoms with Crippen molar-refractivity contribution in [3.05, 3.63) is 12.4 Å². The summed E-state index contributed by atoms with van der Waals surface area (Å²) in [4.78, 5) is 0. The van der Waals surface area contributed by atoms with Crippen LogP contribution in [0.3, 0.4) is 0 Å². The molecule has 5 heteroatoms. The number of ether oxygens (including phenoxy) is 1. The van der Waals surface area contributed by atoms with Crippen LogP contribution >= 0.6 is 0 Å². The summed E-state index contributed by atoms with van der Waals surface area (Å²) < 4.78 is 7.42. The SMILES string of the molecule is c1cn(CCCNCCC2CCCO2)nn1. The molecule has 1 fully saturated rings. The Morgan fingerprint density at radius 3 is 3.19 bits per heavy atom. The highest BCUT2D eigenvalue weighted by molar-refractivity contribution is 4.66. The summed E-state index contributed by atoms with van der Waals surface area (Å²) >= 11 is 0. The first-order chi connectivity index (χ1) is 7.95. The number of nitrogens with zero attached hydrogens (tertiary/aromatic N) is 3. The Labute approximate surface area is 96.2 Å². The van der Waals surface area contributed by atoms with Crippen LogP contribution in [0, 0.1) is 0 Å². The van der Waals surface area contributed by atoms with Crippen LogP contribution < -0.4 is 5.32 Å². The van der Waals surface area contributed by atoms with E-state index >= 15 is 0 Å². The molecular formula is C11H20N4O. The van der Waals surface area contributed by atoms with Crippen molar-refractivity contribution in [1.82, 2.24) is 20.3 Å². The van der Waals surface area contributed by atoms with Gasteiger partial charge in [0.2, 0.25) is 0 Å². The number of aromatic nitrogens is 3. The average molecular weight is 224 g/mol.